The third-order valence-corrected chi connectivity index (χ3v) is 2.96. The Hall–Kier alpha value is -0.970. The second-order valence-electron chi connectivity index (χ2n) is 2.65. The number of nitrogens with zero attached hydrogens (tertiary/aromatic N) is 1. The number of nitrogens with one attached hydrogen (secondary N) is 1. The summed E-state index contributed by atoms with van der Waals surface area (Å²) in [5, 5.41) is 15.4. The second-order valence-corrected chi connectivity index (χ2v) is 3.75. The predicted octanol–water partition coefficient (Wildman–Crippen LogP) is 0.685. The molecule has 2 rings (SSSR count). The first kappa shape index (κ1) is 7.67. The fraction of sp³-hybridized carbons (Fsp3) is 0.429. The maximum Gasteiger partial charge on any atom is 0.309 e. The van der Waals surface area contributed by atoms with Crippen LogP contribution in [-0.4, -0.2) is 27.0 Å². The highest BCUT2D eigenvalue weighted by Crippen LogP contribution is 2.32. The van der Waals surface area contributed by atoms with Gasteiger partial charge in [-0.25, -0.2) is 0 Å². The van der Waals surface area contributed by atoms with E-state index in [-0.39, 0.29) is 6.42 Å². The number of aromatic amines is 1. The molecule has 0 saturated heterocycles. The van der Waals surface area contributed by atoms with Crippen LogP contribution in [0.2, 0.25) is 0 Å². The molecule has 0 bridgehead atoms. The molecule has 0 aliphatic carbocycles. The molecule has 0 saturated carbocycles. The number of hydrogen-bond acceptors (Lipinski definition) is 3. The Morgan fingerprint density at radius 2 is 2.58 bits per heavy atom. The van der Waals surface area contributed by atoms with E-state index in [0.717, 1.165) is 22.8 Å². The van der Waals surface area contributed by atoms with Gasteiger partial charge in [-0.2, -0.15) is 5.10 Å². The summed E-state index contributed by atoms with van der Waals surface area (Å²) in [4.78, 5) is 11.5. The molecular weight excluding hydrogens is 176 g/mol. The molecule has 1 aromatic rings. The summed E-state index contributed by atoms with van der Waals surface area (Å²) in [5.41, 5.74) is 1.77. The highest BCUT2D eigenvalue weighted by Gasteiger charge is 2.20. The normalized spacial score (nSPS) is 14.7. The van der Waals surface area contributed by atoms with E-state index in [0.29, 0.717) is 5.69 Å². The molecule has 0 fully saturated rings. The average Bonchev–Trinajstić information content (AvgIpc) is 2.52. The quantitative estimate of drug-likeness (QED) is 0.709. The van der Waals surface area contributed by atoms with Crippen molar-refractivity contribution < 1.29 is 9.90 Å². The Balaban J connectivity index is 2.27. The van der Waals surface area contributed by atoms with Crippen LogP contribution in [0, 0.1) is 0 Å². The van der Waals surface area contributed by atoms with Crippen LogP contribution in [-0.2, 0) is 17.6 Å². The van der Waals surface area contributed by atoms with Gasteiger partial charge >= 0.3 is 5.97 Å². The smallest absolute Gasteiger partial charge is 0.309 e. The molecule has 0 spiro atoms. The van der Waals surface area contributed by atoms with Crippen molar-refractivity contribution in [3.63, 3.8) is 0 Å². The number of rotatable bonds is 2. The van der Waals surface area contributed by atoms with Crippen LogP contribution in [0.4, 0.5) is 0 Å². The zero-order valence-corrected chi connectivity index (χ0v) is 7.15. The topological polar surface area (TPSA) is 66.0 Å². The molecule has 1 aliphatic heterocycles. The summed E-state index contributed by atoms with van der Waals surface area (Å²) in [5.74, 6) is 0.216. The van der Waals surface area contributed by atoms with Crippen LogP contribution in [0.15, 0.2) is 4.90 Å². The van der Waals surface area contributed by atoms with Crippen molar-refractivity contribution in [2.75, 3.05) is 5.75 Å². The Morgan fingerprint density at radius 3 is 3.33 bits per heavy atom. The van der Waals surface area contributed by atoms with E-state index in [1.807, 2.05) is 0 Å². The van der Waals surface area contributed by atoms with E-state index >= 15 is 0 Å². The van der Waals surface area contributed by atoms with Gasteiger partial charge in [0.2, 0.25) is 0 Å². The lowest BCUT2D eigenvalue weighted by atomic mass is 10.2. The predicted molar refractivity (Wildman–Crippen MR) is 44.4 cm³/mol. The number of aromatic nitrogens is 2. The number of H-pyrrole nitrogens is 1. The number of aliphatic carboxylic acids is 1. The van der Waals surface area contributed by atoms with Gasteiger partial charge < -0.3 is 5.11 Å². The minimum atomic E-state index is -0.822. The highest BCUT2D eigenvalue weighted by molar-refractivity contribution is 7.99. The third-order valence-electron chi connectivity index (χ3n) is 1.78. The van der Waals surface area contributed by atoms with Crippen LogP contribution in [0.1, 0.15) is 11.4 Å². The maximum absolute atomic E-state index is 10.4. The SMILES string of the molecule is O=C(O)Cc1n[nH]c2c1SCC2. The summed E-state index contributed by atoms with van der Waals surface area (Å²) < 4.78 is 0. The Kier molecular flexibility index (Phi) is 1.80. The average molecular weight is 184 g/mol. The van der Waals surface area contributed by atoms with Crippen molar-refractivity contribution in [3.05, 3.63) is 11.4 Å². The molecule has 1 aromatic heterocycles. The number of carboxylic acid groups (broad SMARTS) is 1. The van der Waals surface area contributed by atoms with E-state index in [1.165, 1.54) is 0 Å². The molecule has 5 heteroatoms. The largest absolute Gasteiger partial charge is 0.481 e. The lowest BCUT2D eigenvalue weighted by Gasteiger charge is -1.92. The molecule has 2 N–H and O–H groups in total. The summed E-state index contributed by atoms with van der Waals surface area (Å²) in [7, 11) is 0. The van der Waals surface area contributed by atoms with E-state index in [4.69, 9.17) is 5.11 Å². The van der Waals surface area contributed by atoms with Gasteiger partial charge in [0.1, 0.15) is 0 Å². The first-order chi connectivity index (χ1) is 5.77. The highest BCUT2D eigenvalue weighted by atomic mass is 32.2. The molecule has 1 aliphatic rings. The Bertz CT molecular complexity index is 321. The van der Waals surface area contributed by atoms with E-state index in [1.54, 1.807) is 11.8 Å². The minimum absolute atomic E-state index is 0.0266. The standard InChI is InChI=1S/C7H8N2O2S/c10-6(11)3-5-7-4(8-9-5)1-2-12-7/h1-3H2,(H,8,9)(H,10,11). The van der Waals surface area contributed by atoms with Crippen molar-refractivity contribution in [2.45, 2.75) is 17.7 Å². The summed E-state index contributed by atoms with van der Waals surface area (Å²) in [6.45, 7) is 0. The number of carbonyl (C=O) groups is 1. The summed E-state index contributed by atoms with van der Waals surface area (Å²) >= 11 is 1.69. The van der Waals surface area contributed by atoms with Gasteiger partial charge in [-0.05, 0) is 6.42 Å². The Labute approximate surface area is 73.4 Å². The molecule has 2 heterocycles. The first-order valence-electron chi connectivity index (χ1n) is 3.68. The van der Waals surface area contributed by atoms with Crippen molar-refractivity contribution in [3.8, 4) is 0 Å². The van der Waals surface area contributed by atoms with Crippen LogP contribution < -0.4 is 0 Å². The molecule has 0 amide bonds. The van der Waals surface area contributed by atoms with Crippen molar-refractivity contribution >= 4 is 17.7 Å². The van der Waals surface area contributed by atoms with E-state index in [9.17, 15) is 4.79 Å². The molecule has 64 valence electrons. The van der Waals surface area contributed by atoms with Crippen LogP contribution in [0.3, 0.4) is 0 Å². The number of thioether (sulfide) groups is 1. The van der Waals surface area contributed by atoms with Gasteiger partial charge in [-0.1, -0.05) is 0 Å². The zero-order valence-electron chi connectivity index (χ0n) is 6.33. The van der Waals surface area contributed by atoms with Gasteiger partial charge in [-0.15, -0.1) is 11.8 Å². The summed E-state index contributed by atoms with van der Waals surface area (Å²) in [6, 6.07) is 0. The molecular formula is C7H8N2O2S. The number of aryl methyl sites for hydroxylation is 1. The molecule has 4 nitrogen and oxygen atoms in total. The van der Waals surface area contributed by atoms with Gasteiger partial charge in [0.25, 0.3) is 0 Å². The Morgan fingerprint density at radius 1 is 1.75 bits per heavy atom. The molecule has 0 unspecified atom stereocenters. The lowest BCUT2D eigenvalue weighted by molar-refractivity contribution is -0.136. The van der Waals surface area contributed by atoms with Gasteiger partial charge in [-0.3, -0.25) is 9.89 Å². The number of hydrogen-bond donors (Lipinski definition) is 2. The molecule has 0 radical (unpaired) electrons. The van der Waals surface area contributed by atoms with Crippen molar-refractivity contribution in [1.29, 1.82) is 0 Å². The van der Waals surface area contributed by atoms with E-state index < -0.39 is 5.97 Å². The second kappa shape index (κ2) is 2.82. The van der Waals surface area contributed by atoms with Gasteiger partial charge in [0, 0.05) is 11.4 Å². The molecule has 0 atom stereocenters. The molecule has 12 heavy (non-hydrogen) atoms. The maximum atomic E-state index is 10.4. The van der Waals surface area contributed by atoms with Crippen LogP contribution >= 0.6 is 11.8 Å². The van der Waals surface area contributed by atoms with Gasteiger partial charge in [0.05, 0.1) is 17.0 Å². The summed E-state index contributed by atoms with van der Waals surface area (Å²) in [6.07, 6.45) is 1.01. The number of carboxylic acids is 1. The van der Waals surface area contributed by atoms with Gasteiger partial charge in [0.15, 0.2) is 0 Å². The van der Waals surface area contributed by atoms with E-state index in [2.05, 4.69) is 10.2 Å². The third kappa shape index (κ3) is 1.20. The zero-order chi connectivity index (χ0) is 8.55. The number of fused-ring (bicyclic) bond motifs is 1. The monoisotopic (exact) mass is 184 g/mol. The van der Waals surface area contributed by atoms with Crippen LogP contribution in [0.5, 0.6) is 0 Å². The minimum Gasteiger partial charge on any atom is -0.481 e. The van der Waals surface area contributed by atoms with Crippen LogP contribution in [0.25, 0.3) is 0 Å². The fourth-order valence-corrected chi connectivity index (χ4v) is 2.39. The van der Waals surface area contributed by atoms with Crippen molar-refractivity contribution in [1.82, 2.24) is 10.2 Å². The lowest BCUT2D eigenvalue weighted by Crippen LogP contribution is -2.01. The first-order valence-corrected chi connectivity index (χ1v) is 4.66. The fourth-order valence-electron chi connectivity index (χ4n) is 1.27. The van der Waals surface area contributed by atoms with Crippen molar-refractivity contribution in [2.24, 2.45) is 0 Å². The molecule has 0 aromatic carbocycles.